The van der Waals surface area contributed by atoms with E-state index in [2.05, 4.69) is 9.98 Å². The van der Waals surface area contributed by atoms with E-state index in [0.29, 0.717) is 15.8 Å². The first-order valence-corrected chi connectivity index (χ1v) is 6.97. The third-order valence-corrected chi connectivity index (χ3v) is 4.70. The number of hydrogen-bond donors (Lipinski definition) is 2. The number of nitrogens with zero attached hydrogens (tertiary/aromatic N) is 2. The molecule has 1 aromatic heterocycles. The molecule has 8 heteroatoms. The van der Waals surface area contributed by atoms with Gasteiger partial charge in [0.15, 0.2) is 6.04 Å². The van der Waals surface area contributed by atoms with Crippen molar-refractivity contribution in [1.29, 1.82) is 0 Å². The average molecular weight is 320 g/mol. The van der Waals surface area contributed by atoms with Crippen molar-refractivity contribution in [1.82, 2.24) is 4.98 Å². The number of carboxylic acids is 1. The zero-order chi connectivity index (χ0) is 12.7. The van der Waals surface area contributed by atoms with Crippen LogP contribution in [0.25, 0.3) is 10.2 Å². The number of aliphatic imine (C=N–C) groups is 1. The first-order chi connectivity index (χ1) is 8.63. The molecule has 2 N–H and O–H groups in total. The number of thiazole rings is 1. The zero-order valence-corrected chi connectivity index (χ0v) is 10.7. The maximum atomic E-state index is 10.8. The quantitative estimate of drug-likeness (QED) is 0.815. The van der Waals surface area contributed by atoms with E-state index >= 15 is 0 Å². The maximum absolute atomic E-state index is 10.8. The van der Waals surface area contributed by atoms with Crippen molar-refractivity contribution in [3.63, 3.8) is 0 Å². The van der Waals surface area contributed by atoms with Gasteiger partial charge >= 0.3 is 57.4 Å². The standard InChI is InChI=1S/C11H8N2O3S2.K.H/c14-5-1-2-6-8(3-5)18-10(12-6)9-13-7(4-17-9)11(15)16;;/h1-3,7,14H,4H2,(H,15,16);;/t7-;;/m1../s1. The van der Waals surface area contributed by atoms with Crippen LogP contribution in [0.4, 0.5) is 0 Å². The molecule has 1 atom stereocenters. The first-order valence-electron chi connectivity index (χ1n) is 5.17. The first kappa shape index (κ1) is 15.4. The molecular formula is C11H9KN2O3S2. The van der Waals surface area contributed by atoms with E-state index in [0.717, 1.165) is 10.2 Å². The van der Waals surface area contributed by atoms with Gasteiger partial charge in [0.05, 0.1) is 10.2 Å². The van der Waals surface area contributed by atoms with Gasteiger partial charge in [-0.1, -0.05) is 0 Å². The van der Waals surface area contributed by atoms with Gasteiger partial charge in [-0.2, -0.15) is 0 Å². The number of rotatable bonds is 2. The Hall–Kier alpha value is 0.0364. The summed E-state index contributed by atoms with van der Waals surface area (Å²) in [5.41, 5.74) is 0.787. The molecule has 2 aromatic rings. The van der Waals surface area contributed by atoms with E-state index in [1.807, 2.05) is 0 Å². The van der Waals surface area contributed by atoms with Crippen LogP contribution in [0.1, 0.15) is 5.01 Å². The van der Waals surface area contributed by atoms with Gasteiger partial charge in [0.2, 0.25) is 0 Å². The van der Waals surface area contributed by atoms with Crippen molar-refractivity contribution in [2.24, 2.45) is 4.99 Å². The van der Waals surface area contributed by atoms with Crippen LogP contribution in [0.5, 0.6) is 5.75 Å². The monoisotopic (exact) mass is 320 g/mol. The van der Waals surface area contributed by atoms with Crippen LogP contribution >= 0.6 is 23.1 Å². The molecule has 2 heterocycles. The fraction of sp³-hybridized carbons (Fsp3) is 0.182. The van der Waals surface area contributed by atoms with E-state index < -0.39 is 12.0 Å². The number of fused-ring (bicyclic) bond motifs is 1. The van der Waals surface area contributed by atoms with Gasteiger partial charge in [0.25, 0.3) is 0 Å². The molecule has 1 aliphatic rings. The third-order valence-electron chi connectivity index (χ3n) is 2.49. The fourth-order valence-corrected chi connectivity index (χ4v) is 3.72. The summed E-state index contributed by atoms with van der Waals surface area (Å²) in [5.74, 6) is -0.260. The molecule has 0 unspecified atom stereocenters. The molecule has 94 valence electrons. The van der Waals surface area contributed by atoms with Gasteiger partial charge < -0.3 is 10.2 Å². The Labute approximate surface area is 159 Å². The van der Waals surface area contributed by atoms with Crippen LogP contribution in [0.15, 0.2) is 23.2 Å². The molecule has 0 saturated heterocycles. The van der Waals surface area contributed by atoms with Gasteiger partial charge in [-0.05, 0) is 18.2 Å². The van der Waals surface area contributed by atoms with Crippen molar-refractivity contribution in [2.75, 3.05) is 5.75 Å². The molecule has 19 heavy (non-hydrogen) atoms. The Morgan fingerprint density at radius 2 is 2.21 bits per heavy atom. The number of aliphatic carboxylic acids is 1. The van der Waals surface area contributed by atoms with Gasteiger partial charge in [-0.25, -0.2) is 9.78 Å². The number of thioether (sulfide) groups is 1. The zero-order valence-electron chi connectivity index (χ0n) is 9.03. The molecule has 0 bridgehead atoms. The van der Waals surface area contributed by atoms with E-state index in [1.54, 1.807) is 18.2 Å². The van der Waals surface area contributed by atoms with Gasteiger partial charge in [-0.3, -0.25) is 4.99 Å². The number of hydrogen-bond acceptors (Lipinski definition) is 6. The predicted molar refractivity (Wildman–Crippen MR) is 78.9 cm³/mol. The van der Waals surface area contributed by atoms with Gasteiger partial charge in [0, 0.05) is 5.75 Å². The second-order valence-corrected chi connectivity index (χ2v) is 5.81. The second kappa shape index (κ2) is 6.21. The van der Waals surface area contributed by atoms with Crippen LogP contribution in [0, 0.1) is 0 Å². The topological polar surface area (TPSA) is 82.8 Å². The van der Waals surface area contributed by atoms with Crippen LogP contribution in [-0.4, -0.2) is 89.4 Å². The molecule has 0 spiro atoms. The van der Waals surface area contributed by atoms with Crippen molar-refractivity contribution in [2.45, 2.75) is 6.04 Å². The van der Waals surface area contributed by atoms with Crippen LogP contribution in [0.2, 0.25) is 0 Å². The van der Waals surface area contributed by atoms with Crippen molar-refractivity contribution >= 4 is 95.7 Å². The summed E-state index contributed by atoms with van der Waals surface area (Å²) in [6.07, 6.45) is 0. The molecule has 3 rings (SSSR count). The molecule has 0 fully saturated rings. The predicted octanol–water partition coefficient (Wildman–Crippen LogP) is 1.30. The Balaban J connectivity index is 0.00000133. The average Bonchev–Trinajstić information content (AvgIpc) is 2.93. The molecule has 0 amide bonds. The van der Waals surface area contributed by atoms with Gasteiger partial charge in [-0.15, -0.1) is 23.1 Å². The van der Waals surface area contributed by atoms with Crippen molar-refractivity contribution in [3.05, 3.63) is 23.2 Å². The van der Waals surface area contributed by atoms with Crippen molar-refractivity contribution in [3.8, 4) is 5.75 Å². The Bertz CT molecular complexity index is 671. The van der Waals surface area contributed by atoms with E-state index in [-0.39, 0.29) is 57.1 Å². The van der Waals surface area contributed by atoms with E-state index in [1.165, 1.54) is 23.1 Å². The Kier molecular flexibility index (Phi) is 5.04. The summed E-state index contributed by atoms with van der Waals surface area (Å²) in [7, 11) is 0. The summed E-state index contributed by atoms with van der Waals surface area (Å²) in [5, 5.41) is 19.7. The summed E-state index contributed by atoms with van der Waals surface area (Å²) >= 11 is 2.81. The van der Waals surface area contributed by atoms with E-state index in [9.17, 15) is 9.90 Å². The number of benzene rings is 1. The molecule has 1 aromatic carbocycles. The third kappa shape index (κ3) is 3.21. The normalized spacial score (nSPS) is 18.1. The number of aromatic nitrogens is 1. The minimum absolute atomic E-state index is 0. The van der Waals surface area contributed by atoms with Crippen LogP contribution in [-0.2, 0) is 4.79 Å². The number of aromatic hydroxyl groups is 1. The Morgan fingerprint density at radius 3 is 2.89 bits per heavy atom. The van der Waals surface area contributed by atoms with Crippen molar-refractivity contribution < 1.29 is 15.0 Å². The molecule has 5 nitrogen and oxygen atoms in total. The summed E-state index contributed by atoms with van der Waals surface area (Å²) in [6, 6.07) is 4.28. The fourth-order valence-electron chi connectivity index (χ4n) is 1.62. The van der Waals surface area contributed by atoms with Gasteiger partial charge in [0.1, 0.15) is 15.8 Å². The molecule has 0 saturated carbocycles. The molecule has 0 radical (unpaired) electrons. The number of phenols is 1. The summed E-state index contributed by atoms with van der Waals surface area (Å²) < 4.78 is 0.868. The molecular weight excluding hydrogens is 311 g/mol. The van der Waals surface area contributed by atoms with Crippen LogP contribution in [0.3, 0.4) is 0 Å². The Morgan fingerprint density at radius 1 is 1.42 bits per heavy atom. The molecule has 1 aliphatic heterocycles. The van der Waals surface area contributed by atoms with Crippen LogP contribution < -0.4 is 0 Å². The van der Waals surface area contributed by atoms with E-state index in [4.69, 9.17) is 5.11 Å². The number of carboxylic acid groups (broad SMARTS) is 1. The number of carbonyl (C=O) groups is 1. The SMILES string of the molecule is O=C(O)[C@H]1CSC(c2nc3ccc(O)cc3s2)=N1.[KH]. The second-order valence-electron chi connectivity index (χ2n) is 3.77. The number of phenolic OH excluding ortho intramolecular Hbond substituents is 1. The molecule has 0 aliphatic carbocycles. The summed E-state index contributed by atoms with van der Waals surface area (Å²) in [4.78, 5) is 19.4. The minimum atomic E-state index is -0.906. The summed E-state index contributed by atoms with van der Waals surface area (Å²) in [6.45, 7) is 0.